The van der Waals surface area contributed by atoms with Crippen LogP contribution in [0.4, 0.5) is 10.1 Å². The Labute approximate surface area is 188 Å². The molecule has 9 heteroatoms. The molecule has 32 heavy (non-hydrogen) atoms. The molecule has 2 aromatic heterocycles. The largest absolute Gasteiger partial charge is 0.453 e. The number of thioether (sulfide) groups is 1. The Morgan fingerprint density at radius 1 is 1.06 bits per heavy atom. The second-order valence-corrected chi connectivity index (χ2v) is 8.59. The molecule has 1 aliphatic heterocycles. The van der Waals surface area contributed by atoms with Crippen LogP contribution in [0.5, 0.6) is 0 Å². The van der Waals surface area contributed by atoms with Crippen molar-refractivity contribution in [3.8, 4) is 11.6 Å². The average molecular weight is 452 g/mol. The first-order valence-corrected chi connectivity index (χ1v) is 11.4. The smallest absolute Gasteiger partial charge is 0.233 e. The number of piperazine rings is 1. The van der Waals surface area contributed by atoms with Crippen molar-refractivity contribution in [1.29, 1.82) is 0 Å². The number of aromatic nitrogens is 3. The molecule has 3 heterocycles. The molecular weight excluding hydrogens is 429 g/mol. The minimum absolute atomic E-state index is 0.0713. The van der Waals surface area contributed by atoms with Crippen LogP contribution in [0.2, 0.25) is 0 Å². The van der Waals surface area contributed by atoms with E-state index in [9.17, 15) is 9.18 Å². The molecule has 1 amide bonds. The third-order valence-electron chi connectivity index (χ3n) is 5.63. The number of nitrogens with zero attached hydrogens (tertiary/aromatic N) is 5. The molecule has 1 saturated heterocycles. The molecule has 0 aliphatic carbocycles. The molecule has 1 fully saturated rings. The van der Waals surface area contributed by atoms with E-state index >= 15 is 0 Å². The van der Waals surface area contributed by atoms with Gasteiger partial charge < -0.3 is 18.8 Å². The summed E-state index contributed by atoms with van der Waals surface area (Å²) >= 11 is 1.37. The predicted molar refractivity (Wildman–Crippen MR) is 122 cm³/mol. The molecule has 0 saturated carbocycles. The fourth-order valence-electron chi connectivity index (χ4n) is 3.83. The third-order valence-corrected chi connectivity index (χ3v) is 6.63. The van der Waals surface area contributed by atoms with E-state index in [2.05, 4.69) is 15.1 Å². The zero-order valence-corrected chi connectivity index (χ0v) is 18.4. The number of hydrogen-bond acceptors (Lipinski definition) is 6. The summed E-state index contributed by atoms with van der Waals surface area (Å²) in [5, 5.41) is 10.2. The first-order chi connectivity index (χ1) is 15.6. The van der Waals surface area contributed by atoms with Gasteiger partial charge in [-0.2, -0.15) is 0 Å². The number of carbonyl (C=O) groups is 1. The number of halogens is 1. The summed E-state index contributed by atoms with van der Waals surface area (Å²) in [6.07, 6.45) is 0. The highest BCUT2D eigenvalue weighted by Gasteiger charge is 2.23. The maximum absolute atomic E-state index is 13.1. The minimum Gasteiger partial charge on any atom is -0.453 e. The van der Waals surface area contributed by atoms with Crippen molar-refractivity contribution in [1.82, 2.24) is 19.7 Å². The molecule has 0 unspecified atom stereocenters. The number of hydrogen-bond donors (Lipinski definition) is 0. The Balaban J connectivity index is 1.18. The number of carbonyl (C=O) groups excluding carboxylic acids is 1. The molecule has 5 rings (SSSR count). The van der Waals surface area contributed by atoms with Crippen LogP contribution in [0.3, 0.4) is 0 Å². The Bertz CT molecular complexity index is 1210. The second-order valence-electron chi connectivity index (χ2n) is 7.65. The van der Waals surface area contributed by atoms with Crippen molar-refractivity contribution in [2.75, 3.05) is 36.8 Å². The summed E-state index contributed by atoms with van der Waals surface area (Å²) in [5.74, 6) is 1.40. The second kappa shape index (κ2) is 8.66. The van der Waals surface area contributed by atoms with E-state index in [1.165, 1.54) is 23.9 Å². The number of anilines is 1. The average Bonchev–Trinajstić information content (AvgIpc) is 3.41. The van der Waals surface area contributed by atoms with Gasteiger partial charge in [-0.1, -0.05) is 30.0 Å². The van der Waals surface area contributed by atoms with Gasteiger partial charge in [-0.15, -0.1) is 10.2 Å². The third kappa shape index (κ3) is 4.08. The van der Waals surface area contributed by atoms with E-state index < -0.39 is 0 Å². The molecule has 0 spiro atoms. The van der Waals surface area contributed by atoms with Crippen molar-refractivity contribution in [2.45, 2.75) is 5.16 Å². The van der Waals surface area contributed by atoms with Crippen molar-refractivity contribution in [3.05, 3.63) is 60.4 Å². The molecule has 7 nitrogen and oxygen atoms in total. The van der Waals surface area contributed by atoms with E-state index in [-0.39, 0.29) is 11.7 Å². The molecule has 1 aliphatic rings. The number of fused-ring (bicyclic) bond motifs is 1. The lowest BCUT2D eigenvalue weighted by Crippen LogP contribution is -2.49. The van der Waals surface area contributed by atoms with E-state index in [0.717, 1.165) is 29.7 Å². The lowest BCUT2D eigenvalue weighted by molar-refractivity contribution is -0.128. The van der Waals surface area contributed by atoms with Gasteiger partial charge in [0.15, 0.2) is 16.7 Å². The van der Waals surface area contributed by atoms with Crippen LogP contribution < -0.4 is 4.90 Å². The van der Waals surface area contributed by atoms with Crippen LogP contribution >= 0.6 is 11.8 Å². The first kappa shape index (κ1) is 20.6. The Kier molecular flexibility index (Phi) is 5.57. The molecule has 0 atom stereocenters. The summed E-state index contributed by atoms with van der Waals surface area (Å²) < 4.78 is 20.9. The Hall–Kier alpha value is -3.33. The lowest BCUT2D eigenvalue weighted by Gasteiger charge is -2.36. The molecule has 0 radical (unpaired) electrons. The first-order valence-electron chi connectivity index (χ1n) is 10.4. The zero-order chi connectivity index (χ0) is 22.1. The SMILES string of the molecule is Cn1c(SCC(=O)N2CCN(c3ccc(F)cc3)CC2)nnc1-c1cc2ccccc2o1. The number of amides is 1. The van der Waals surface area contributed by atoms with Crippen LogP contribution in [-0.4, -0.2) is 57.5 Å². The van der Waals surface area contributed by atoms with Gasteiger partial charge in [0.05, 0.1) is 5.75 Å². The van der Waals surface area contributed by atoms with Crippen molar-refractivity contribution in [2.24, 2.45) is 7.05 Å². The minimum atomic E-state index is -0.244. The van der Waals surface area contributed by atoms with Crippen LogP contribution in [0.1, 0.15) is 0 Å². The Morgan fingerprint density at radius 3 is 2.56 bits per heavy atom. The number of furan rings is 1. The van der Waals surface area contributed by atoms with Gasteiger partial charge in [-0.05, 0) is 36.4 Å². The van der Waals surface area contributed by atoms with E-state index in [0.29, 0.717) is 35.6 Å². The maximum atomic E-state index is 13.1. The van der Waals surface area contributed by atoms with Gasteiger partial charge in [-0.3, -0.25) is 4.79 Å². The molecule has 164 valence electrons. The topological polar surface area (TPSA) is 67.4 Å². The van der Waals surface area contributed by atoms with Crippen molar-refractivity contribution in [3.63, 3.8) is 0 Å². The monoisotopic (exact) mass is 451 g/mol. The number of para-hydroxylation sites is 1. The van der Waals surface area contributed by atoms with Gasteiger partial charge in [0.1, 0.15) is 11.4 Å². The predicted octanol–water partition coefficient (Wildman–Crippen LogP) is 3.81. The zero-order valence-electron chi connectivity index (χ0n) is 17.6. The standard InChI is InChI=1S/C23H22FN5O2S/c1-27-22(20-14-16-4-2-3-5-19(16)31-20)25-26-23(27)32-15-21(30)29-12-10-28(11-13-29)18-8-6-17(24)7-9-18/h2-9,14H,10-13,15H2,1H3. The summed E-state index contributed by atoms with van der Waals surface area (Å²) in [6.45, 7) is 2.73. The maximum Gasteiger partial charge on any atom is 0.233 e. The molecule has 0 bridgehead atoms. The molecule has 0 N–H and O–H groups in total. The van der Waals surface area contributed by atoms with Gasteiger partial charge in [0.2, 0.25) is 5.91 Å². The van der Waals surface area contributed by atoms with Crippen molar-refractivity contribution < 1.29 is 13.6 Å². The van der Waals surface area contributed by atoms with Crippen molar-refractivity contribution >= 4 is 34.3 Å². The summed E-state index contributed by atoms with van der Waals surface area (Å²) in [7, 11) is 1.87. The number of benzene rings is 2. The van der Waals surface area contributed by atoms with E-state index in [1.807, 2.05) is 46.8 Å². The summed E-state index contributed by atoms with van der Waals surface area (Å²) in [5.41, 5.74) is 1.78. The fraction of sp³-hybridized carbons (Fsp3) is 0.261. The normalized spacial score (nSPS) is 14.3. The van der Waals surface area contributed by atoms with Crippen LogP contribution in [0.25, 0.3) is 22.6 Å². The highest BCUT2D eigenvalue weighted by Crippen LogP contribution is 2.28. The molecular formula is C23H22FN5O2S. The van der Waals surface area contributed by atoms with Crippen LogP contribution in [0.15, 0.2) is 64.2 Å². The van der Waals surface area contributed by atoms with Gasteiger partial charge in [0.25, 0.3) is 0 Å². The summed E-state index contributed by atoms with van der Waals surface area (Å²) in [4.78, 5) is 16.8. The Morgan fingerprint density at radius 2 is 1.81 bits per heavy atom. The molecule has 2 aromatic carbocycles. The quantitative estimate of drug-likeness (QED) is 0.430. The fourth-order valence-corrected chi connectivity index (χ4v) is 4.64. The highest BCUT2D eigenvalue weighted by molar-refractivity contribution is 7.99. The number of rotatable bonds is 5. The van der Waals surface area contributed by atoms with Crippen LogP contribution in [-0.2, 0) is 11.8 Å². The highest BCUT2D eigenvalue weighted by atomic mass is 32.2. The van der Waals surface area contributed by atoms with Gasteiger partial charge >= 0.3 is 0 Å². The molecule has 4 aromatic rings. The van der Waals surface area contributed by atoms with E-state index in [1.54, 1.807) is 12.1 Å². The van der Waals surface area contributed by atoms with Crippen LogP contribution in [0, 0.1) is 5.82 Å². The summed E-state index contributed by atoms with van der Waals surface area (Å²) in [6, 6.07) is 16.2. The van der Waals surface area contributed by atoms with Gasteiger partial charge in [-0.25, -0.2) is 4.39 Å². The lowest BCUT2D eigenvalue weighted by atomic mass is 10.2. The van der Waals surface area contributed by atoms with Gasteiger partial charge in [0, 0.05) is 44.3 Å². The van der Waals surface area contributed by atoms with E-state index in [4.69, 9.17) is 4.42 Å².